The number of carbonyl (C=O) groups is 1. The standard InChI is InChI=1S/C23H25FN2O2/c24-17-7-5-16(6-8-17)21(27)10-13-25-12-9-20-19(15-25)18-3-1-4-22-23(18)26(20)11-2-14-28-22/h1,3-8,19-20H,2,9-15H2. The summed E-state index contributed by atoms with van der Waals surface area (Å²) in [5.41, 5.74) is 3.30. The molecule has 2 atom stereocenters. The zero-order valence-corrected chi connectivity index (χ0v) is 15.9. The van der Waals surface area contributed by atoms with Crippen LogP contribution >= 0.6 is 0 Å². The highest BCUT2D eigenvalue weighted by Crippen LogP contribution is 2.49. The number of para-hydroxylation sites is 1. The molecule has 0 aliphatic carbocycles. The van der Waals surface area contributed by atoms with Crippen LogP contribution in [0.25, 0.3) is 0 Å². The van der Waals surface area contributed by atoms with Gasteiger partial charge in [-0.1, -0.05) is 12.1 Å². The molecule has 0 radical (unpaired) electrons. The van der Waals surface area contributed by atoms with Crippen LogP contribution in [0.15, 0.2) is 42.5 Å². The molecule has 2 aromatic carbocycles. The number of piperidine rings is 1. The molecule has 4 nitrogen and oxygen atoms in total. The minimum Gasteiger partial charge on any atom is -0.491 e. The van der Waals surface area contributed by atoms with Crippen LogP contribution in [0.1, 0.15) is 41.1 Å². The van der Waals surface area contributed by atoms with Crippen molar-refractivity contribution in [3.05, 3.63) is 59.4 Å². The first-order chi connectivity index (χ1) is 13.7. The average molecular weight is 380 g/mol. The van der Waals surface area contributed by atoms with Gasteiger partial charge in [0.05, 0.1) is 12.3 Å². The third kappa shape index (κ3) is 3.08. The van der Waals surface area contributed by atoms with Gasteiger partial charge < -0.3 is 14.5 Å². The Morgan fingerprint density at radius 2 is 2.00 bits per heavy atom. The number of hydrogen-bond donors (Lipinski definition) is 0. The molecule has 5 heteroatoms. The summed E-state index contributed by atoms with van der Waals surface area (Å²) in [6, 6.07) is 12.9. The highest BCUT2D eigenvalue weighted by atomic mass is 19.1. The van der Waals surface area contributed by atoms with E-state index >= 15 is 0 Å². The molecule has 1 saturated heterocycles. The maximum absolute atomic E-state index is 13.1. The van der Waals surface area contributed by atoms with E-state index in [4.69, 9.17) is 4.74 Å². The molecule has 5 rings (SSSR count). The summed E-state index contributed by atoms with van der Waals surface area (Å²) in [4.78, 5) is 17.4. The van der Waals surface area contributed by atoms with Gasteiger partial charge in [-0.15, -0.1) is 0 Å². The predicted molar refractivity (Wildman–Crippen MR) is 107 cm³/mol. The highest BCUT2D eigenvalue weighted by Gasteiger charge is 2.43. The molecule has 1 fully saturated rings. The van der Waals surface area contributed by atoms with Crippen molar-refractivity contribution < 1.29 is 13.9 Å². The summed E-state index contributed by atoms with van der Waals surface area (Å²) in [5.74, 6) is 1.29. The lowest BCUT2D eigenvalue weighted by atomic mass is 9.88. The maximum Gasteiger partial charge on any atom is 0.164 e. The highest BCUT2D eigenvalue weighted by molar-refractivity contribution is 5.96. The van der Waals surface area contributed by atoms with E-state index in [1.54, 1.807) is 12.1 Å². The van der Waals surface area contributed by atoms with Crippen molar-refractivity contribution in [2.24, 2.45) is 0 Å². The average Bonchev–Trinajstić information content (AvgIpc) is 2.88. The van der Waals surface area contributed by atoms with Gasteiger partial charge in [0, 0.05) is 50.1 Å². The molecule has 0 aromatic heterocycles. The fraction of sp³-hybridized carbons (Fsp3) is 0.435. The van der Waals surface area contributed by atoms with Crippen LogP contribution < -0.4 is 9.64 Å². The van der Waals surface area contributed by atoms with Gasteiger partial charge in [-0.05, 0) is 48.7 Å². The maximum atomic E-state index is 13.1. The van der Waals surface area contributed by atoms with E-state index in [0.29, 0.717) is 23.9 Å². The number of carbonyl (C=O) groups excluding carboxylic acids is 1. The van der Waals surface area contributed by atoms with E-state index in [1.807, 2.05) is 0 Å². The van der Waals surface area contributed by atoms with Crippen molar-refractivity contribution in [2.45, 2.75) is 31.2 Å². The predicted octanol–water partition coefficient (Wildman–Crippen LogP) is 3.86. The fourth-order valence-electron chi connectivity index (χ4n) is 5.05. The van der Waals surface area contributed by atoms with Crippen LogP contribution in [0.5, 0.6) is 5.75 Å². The third-order valence-electron chi connectivity index (χ3n) is 6.40. The van der Waals surface area contributed by atoms with E-state index in [9.17, 15) is 9.18 Å². The van der Waals surface area contributed by atoms with Gasteiger partial charge in [-0.25, -0.2) is 4.39 Å². The van der Waals surface area contributed by atoms with Gasteiger partial charge in [0.1, 0.15) is 11.6 Å². The van der Waals surface area contributed by atoms with Crippen molar-refractivity contribution in [1.82, 2.24) is 4.90 Å². The van der Waals surface area contributed by atoms with Crippen LogP contribution in [0, 0.1) is 5.82 Å². The first kappa shape index (κ1) is 17.7. The Kier molecular flexibility index (Phi) is 4.55. The Labute approximate surface area is 164 Å². The number of rotatable bonds is 4. The van der Waals surface area contributed by atoms with Crippen LogP contribution in [0.3, 0.4) is 0 Å². The zero-order valence-electron chi connectivity index (χ0n) is 15.9. The summed E-state index contributed by atoms with van der Waals surface area (Å²) < 4.78 is 19.0. The second-order valence-corrected chi connectivity index (χ2v) is 8.03. The number of Topliss-reactive ketones (excluding diaryl/α,β-unsaturated/α-hetero) is 1. The summed E-state index contributed by atoms with van der Waals surface area (Å²) >= 11 is 0. The Bertz CT molecular complexity index is 883. The lowest BCUT2D eigenvalue weighted by molar-refractivity contribution is 0.0952. The summed E-state index contributed by atoms with van der Waals surface area (Å²) in [5, 5.41) is 0. The van der Waals surface area contributed by atoms with Gasteiger partial charge in [-0.3, -0.25) is 4.79 Å². The van der Waals surface area contributed by atoms with E-state index in [2.05, 4.69) is 28.0 Å². The monoisotopic (exact) mass is 380 g/mol. The lowest BCUT2D eigenvalue weighted by Crippen LogP contribution is -2.46. The number of nitrogens with zero attached hydrogens (tertiary/aromatic N) is 2. The Balaban J connectivity index is 1.28. The topological polar surface area (TPSA) is 32.8 Å². The summed E-state index contributed by atoms with van der Waals surface area (Å²) in [6.45, 7) is 4.61. The minimum absolute atomic E-state index is 0.0839. The van der Waals surface area contributed by atoms with Gasteiger partial charge >= 0.3 is 0 Å². The van der Waals surface area contributed by atoms with Gasteiger partial charge in [-0.2, -0.15) is 0 Å². The molecule has 3 heterocycles. The molecular formula is C23H25FN2O2. The SMILES string of the molecule is O=C(CCN1CCC2C(C1)c1cccc3c1N2CCCO3)c1ccc(F)cc1. The molecule has 0 saturated carbocycles. The van der Waals surface area contributed by atoms with Crippen LogP contribution in [-0.4, -0.2) is 49.5 Å². The minimum atomic E-state index is -0.306. The van der Waals surface area contributed by atoms with E-state index in [-0.39, 0.29) is 11.6 Å². The fourth-order valence-corrected chi connectivity index (χ4v) is 5.05. The molecule has 28 heavy (non-hydrogen) atoms. The van der Waals surface area contributed by atoms with Crippen LogP contribution in [0.2, 0.25) is 0 Å². The molecule has 146 valence electrons. The third-order valence-corrected chi connectivity index (χ3v) is 6.40. The van der Waals surface area contributed by atoms with E-state index in [0.717, 1.165) is 51.4 Å². The van der Waals surface area contributed by atoms with Crippen molar-refractivity contribution in [1.29, 1.82) is 0 Å². The van der Waals surface area contributed by atoms with Gasteiger partial charge in [0.2, 0.25) is 0 Å². The largest absolute Gasteiger partial charge is 0.491 e. The Hall–Kier alpha value is -2.40. The molecule has 2 unspecified atom stereocenters. The van der Waals surface area contributed by atoms with E-state index in [1.165, 1.54) is 23.4 Å². The number of fused-ring (bicyclic) bond motifs is 3. The number of ketones is 1. The summed E-state index contributed by atoms with van der Waals surface area (Å²) in [7, 11) is 0. The Morgan fingerprint density at radius 1 is 1.14 bits per heavy atom. The molecule has 2 aromatic rings. The molecule has 0 amide bonds. The first-order valence-corrected chi connectivity index (χ1v) is 10.2. The lowest BCUT2D eigenvalue weighted by Gasteiger charge is -2.38. The van der Waals surface area contributed by atoms with Crippen LogP contribution in [0.4, 0.5) is 10.1 Å². The molecule has 3 aliphatic rings. The molecule has 0 N–H and O–H groups in total. The summed E-state index contributed by atoms with van der Waals surface area (Å²) in [6.07, 6.45) is 2.65. The number of halogens is 1. The van der Waals surface area contributed by atoms with Crippen LogP contribution in [-0.2, 0) is 0 Å². The number of benzene rings is 2. The smallest absolute Gasteiger partial charge is 0.164 e. The van der Waals surface area contributed by atoms with Crippen molar-refractivity contribution in [2.75, 3.05) is 37.7 Å². The molecule has 0 spiro atoms. The second kappa shape index (κ2) is 7.21. The van der Waals surface area contributed by atoms with Crippen molar-refractivity contribution in [3.8, 4) is 5.75 Å². The quantitative estimate of drug-likeness (QED) is 0.754. The normalized spacial score (nSPS) is 23.5. The number of ether oxygens (including phenoxy) is 1. The van der Waals surface area contributed by atoms with Crippen molar-refractivity contribution >= 4 is 11.5 Å². The molecular weight excluding hydrogens is 355 g/mol. The second-order valence-electron chi connectivity index (χ2n) is 8.03. The first-order valence-electron chi connectivity index (χ1n) is 10.2. The number of likely N-dealkylation sites (tertiary alicyclic amines) is 1. The van der Waals surface area contributed by atoms with Gasteiger partial charge in [0.25, 0.3) is 0 Å². The Morgan fingerprint density at radius 3 is 2.86 bits per heavy atom. The molecule has 0 bridgehead atoms. The zero-order chi connectivity index (χ0) is 19.1. The number of hydrogen-bond acceptors (Lipinski definition) is 4. The van der Waals surface area contributed by atoms with E-state index < -0.39 is 0 Å². The molecule has 3 aliphatic heterocycles. The number of anilines is 1. The van der Waals surface area contributed by atoms with Gasteiger partial charge in [0.15, 0.2) is 5.78 Å². The van der Waals surface area contributed by atoms with Crippen molar-refractivity contribution in [3.63, 3.8) is 0 Å².